The molecule has 4 amide bonds. The molecule has 17 N–H and O–H groups in total. The minimum atomic E-state index is -1.55. The lowest BCUT2D eigenvalue weighted by molar-refractivity contribution is -0.142. The van der Waals surface area contributed by atoms with Gasteiger partial charge in [0.25, 0.3) is 0 Å². The van der Waals surface area contributed by atoms with Gasteiger partial charge >= 0.3 is 5.97 Å². The SMILES string of the molecule is NC(=O)CC(NC(=O)C(Cc1c[nH]c2ccccc12)NC(=O)C(N)CCCN=C(N)N)C(=O)NC(CCCN=C(N)N)C(=O)O. The summed E-state index contributed by atoms with van der Waals surface area (Å²) in [6.45, 7) is 0.368. The number of H-pyrrole nitrogens is 1. The third-order valence-electron chi connectivity index (χ3n) is 6.63. The van der Waals surface area contributed by atoms with Crippen molar-refractivity contribution >= 4 is 52.4 Å². The van der Waals surface area contributed by atoms with E-state index in [2.05, 4.69) is 30.9 Å². The van der Waals surface area contributed by atoms with E-state index in [1.54, 1.807) is 6.20 Å². The molecule has 0 spiro atoms. The number of nitrogens with one attached hydrogen (secondary N) is 4. The van der Waals surface area contributed by atoms with E-state index in [4.69, 9.17) is 34.4 Å². The van der Waals surface area contributed by atoms with Gasteiger partial charge < -0.3 is 60.4 Å². The van der Waals surface area contributed by atoms with Crippen LogP contribution >= 0.6 is 0 Å². The highest BCUT2D eigenvalue weighted by molar-refractivity contribution is 5.96. The van der Waals surface area contributed by atoms with E-state index < -0.39 is 60.2 Å². The molecule has 4 unspecified atom stereocenters. The van der Waals surface area contributed by atoms with Crippen LogP contribution in [0, 0.1) is 0 Å². The molecule has 1 aromatic carbocycles. The predicted molar refractivity (Wildman–Crippen MR) is 167 cm³/mol. The molecule has 0 radical (unpaired) electrons. The molecule has 18 nitrogen and oxygen atoms in total. The van der Waals surface area contributed by atoms with Gasteiger partial charge in [-0.1, -0.05) is 18.2 Å². The predicted octanol–water partition coefficient (Wildman–Crippen LogP) is -3.44. The first-order chi connectivity index (χ1) is 21.3. The van der Waals surface area contributed by atoms with Crippen LogP contribution in [0.4, 0.5) is 0 Å². The van der Waals surface area contributed by atoms with Gasteiger partial charge in [0, 0.05) is 36.6 Å². The monoisotopic (exact) mass is 630 g/mol. The first-order valence-corrected chi connectivity index (χ1v) is 14.1. The number of nitrogens with two attached hydrogens (primary N) is 6. The Kier molecular flexibility index (Phi) is 14.1. The Balaban J connectivity index is 2.24. The number of carboxylic acids is 1. The normalized spacial score (nSPS) is 13.4. The van der Waals surface area contributed by atoms with Crippen LogP contribution in [0.25, 0.3) is 10.9 Å². The van der Waals surface area contributed by atoms with Crippen LogP contribution < -0.4 is 50.4 Å². The zero-order chi connectivity index (χ0) is 33.5. The Bertz CT molecular complexity index is 1400. The van der Waals surface area contributed by atoms with Crippen LogP contribution in [0.15, 0.2) is 40.4 Å². The van der Waals surface area contributed by atoms with Crippen molar-refractivity contribution in [3.8, 4) is 0 Å². The lowest BCUT2D eigenvalue weighted by Gasteiger charge is -2.25. The van der Waals surface area contributed by atoms with Crippen LogP contribution in [0.5, 0.6) is 0 Å². The number of carbonyl (C=O) groups excluding carboxylic acids is 4. The number of carboxylic acid groups (broad SMARTS) is 1. The van der Waals surface area contributed by atoms with E-state index in [-0.39, 0.29) is 50.7 Å². The molecule has 2 rings (SSSR count). The highest BCUT2D eigenvalue weighted by atomic mass is 16.4. The first kappa shape index (κ1) is 35.8. The number of hydrogen-bond acceptors (Lipinski definition) is 8. The maximum atomic E-state index is 13.6. The van der Waals surface area contributed by atoms with Gasteiger partial charge in [0.15, 0.2) is 11.9 Å². The summed E-state index contributed by atoms with van der Waals surface area (Å²) in [5.74, 6) is -5.00. The fourth-order valence-corrected chi connectivity index (χ4v) is 4.37. The van der Waals surface area contributed by atoms with Gasteiger partial charge in [0.05, 0.1) is 12.5 Å². The molecule has 0 fully saturated rings. The summed E-state index contributed by atoms with van der Waals surface area (Å²) in [4.78, 5) is 74.0. The maximum absolute atomic E-state index is 13.6. The molecule has 0 saturated carbocycles. The number of benzene rings is 1. The average Bonchev–Trinajstić information content (AvgIpc) is 3.37. The third kappa shape index (κ3) is 12.4. The fourth-order valence-electron chi connectivity index (χ4n) is 4.37. The number of guanidine groups is 2. The number of aliphatic carboxylic acids is 1. The summed E-state index contributed by atoms with van der Waals surface area (Å²) in [7, 11) is 0. The van der Waals surface area contributed by atoms with Gasteiger partial charge in [-0.15, -0.1) is 0 Å². The van der Waals surface area contributed by atoms with Crippen molar-refractivity contribution < 1.29 is 29.1 Å². The molecule has 0 saturated heterocycles. The van der Waals surface area contributed by atoms with E-state index in [0.29, 0.717) is 12.0 Å². The highest BCUT2D eigenvalue weighted by Crippen LogP contribution is 2.19. The smallest absolute Gasteiger partial charge is 0.326 e. The quantitative estimate of drug-likeness (QED) is 0.0412. The number of rotatable bonds is 19. The van der Waals surface area contributed by atoms with Gasteiger partial charge in [-0.05, 0) is 37.3 Å². The topological polar surface area (TPSA) is 338 Å². The Hall–Kier alpha value is -5.39. The number of nitrogens with zero attached hydrogens (tertiary/aromatic N) is 2. The molecule has 1 heterocycles. The van der Waals surface area contributed by atoms with Crippen molar-refractivity contribution in [1.29, 1.82) is 0 Å². The van der Waals surface area contributed by atoms with Crippen LogP contribution in [0.2, 0.25) is 0 Å². The maximum Gasteiger partial charge on any atom is 0.326 e. The van der Waals surface area contributed by atoms with Gasteiger partial charge in [-0.3, -0.25) is 29.2 Å². The first-order valence-electron chi connectivity index (χ1n) is 14.1. The molecule has 4 atom stereocenters. The molecule has 45 heavy (non-hydrogen) atoms. The van der Waals surface area contributed by atoms with Crippen LogP contribution in [0.3, 0.4) is 0 Å². The zero-order valence-electron chi connectivity index (χ0n) is 24.7. The number of aliphatic imine (C=N–C) groups is 2. The Morgan fingerprint density at radius 2 is 1.33 bits per heavy atom. The van der Waals surface area contributed by atoms with E-state index in [1.165, 1.54) is 0 Å². The number of amides is 4. The minimum absolute atomic E-state index is 0.0181. The summed E-state index contributed by atoms with van der Waals surface area (Å²) >= 11 is 0. The summed E-state index contributed by atoms with van der Waals surface area (Å²) in [6.07, 6.45) is 1.79. The number of hydrogen-bond donors (Lipinski definition) is 11. The molecule has 0 aliphatic rings. The van der Waals surface area contributed by atoms with E-state index in [9.17, 15) is 29.1 Å². The summed E-state index contributed by atoms with van der Waals surface area (Å²) in [5, 5.41) is 17.7. The Morgan fingerprint density at radius 1 is 0.778 bits per heavy atom. The van der Waals surface area contributed by atoms with Gasteiger partial charge in [-0.2, -0.15) is 0 Å². The largest absolute Gasteiger partial charge is 0.480 e. The fraction of sp³-hybridized carbons (Fsp3) is 0.444. The minimum Gasteiger partial charge on any atom is -0.480 e. The van der Waals surface area contributed by atoms with Crippen molar-refractivity contribution in [1.82, 2.24) is 20.9 Å². The molecule has 18 heteroatoms. The molecule has 1 aromatic heterocycles. The van der Waals surface area contributed by atoms with Crippen molar-refractivity contribution in [3.63, 3.8) is 0 Å². The summed E-state index contributed by atoms with van der Waals surface area (Å²) < 4.78 is 0. The van der Waals surface area contributed by atoms with E-state index in [1.807, 2.05) is 24.3 Å². The van der Waals surface area contributed by atoms with E-state index in [0.717, 1.165) is 10.9 Å². The zero-order valence-corrected chi connectivity index (χ0v) is 24.7. The van der Waals surface area contributed by atoms with Gasteiger partial charge in [0.2, 0.25) is 23.6 Å². The van der Waals surface area contributed by atoms with Crippen LogP contribution in [-0.2, 0) is 30.4 Å². The average molecular weight is 631 g/mol. The Labute approximate surface area is 258 Å². The van der Waals surface area contributed by atoms with Gasteiger partial charge in [-0.25, -0.2) is 4.79 Å². The number of carbonyl (C=O) groups is 5. The van der Waals surface area contributed by atoms with Crippen molar-refractivity contribution in [2.75, 3.05) is 13.1 Å². The van der Waals surface area contributed by atoms with Gasteiger partial charge in [0.1, 0.15) is 18.1 Å². The Morgan fingerprint density at radius 3 is 1.93 bits per heavy atom. The van der Waals surface area contributed by atoms with Crippen molar-refractivity contribution in [2.45, 2.75) is 62.7 Å². The van der Waals surface area contributed by atoms with Crippen molar-refractivity contribution in [2.24, 2.45) is 44.4 Å². The third-order valence-corrected chi connectivity index (χ3v) is 6.63. The van der Waals surface area contributed by atoms with E-state index >= 15 is 0 Å². The molecule has 2 aromatic rings. The van der Waals surface area contributed by atoms with Crippen LogP contribution in [-0.4, -0.2) is 88.9 Å². The second-order valence-electron chi connectivity index (χ2n) is 10.3. The second kappa shape index (κ2) is 17.7. The number of para-hydroxylation sites is 1. The molecule has 0 aliphatic heterocycles. The second-order valence-corrected chi connectivity index (χ2v) is 10.3. The van der Waals surface area contributed by atoms with Crippen LogP contribution in [0.1, 0.15) is 37.7 Å². The summed E-state index contributed by atoms with van der Waals surface area (Å²) in [5.41, 5.74) is 34.0. The molecule has 246 valence electrons. The molecular weight excluding hydrogens is 588 g/mol. The summed E-state index contributed by atoms with van der Waals surface area (Å²) in [6, 6.07) is 2.11. The number of primary amides is 1. The molecule has 0 aliphatic carbocycles. The van der Waals surface area contributed by atoms with Crippen molar-refractivity contribution in [3.05, 3.63) is 36.0 Å². The lowest BCUT2D eigenvalue weighted by Crippen LogP contribution is -2.58. The molecule has 0 bridgehead atoms. The highest BCUT2D eigenvalue weighted by Gasteiger charge is 2.31. The number of fused-ring (bicyclic) bond motifs is 1. The molecular formula is C27H42N12O6. The number of aromatic amines is 1. The number of aromatic nitrogens is 1. The standard InChI is InChI=1S/C27H42N12O6/c28-16(6-3-9-34-26(30)31)22(41)38-19(11-14-13-36-17-7-2-1-5-15(14)17)23(42)39-20(12-21(29)40)24(43)37-18(25(44)45)8-4-10-35-27(32)33/h1-2,5,7,13,16,18-20,36H,3-4,6,8-12,28H2,(H2,29,40)(H,37,43)(H,38,41)(H,39,42)(H,44,45)(H4,30,31,34)(H4,32,33,35). The lowest BCUT2D eigenvalue weighted by atomic mass is 10.0.